The average molecular weight is 497 g/mol. The molecule has 0 aliphatic carbocycles. The molecule has 0 spiro atoms. The van der Waals surface area contributed by atoms with Gasteiger partial charge in [0.1, 0.15) is 11.0 Å². The van der Waals surface area contributed by atoms with Gasteiger partial charge < -0.3 is 10.1 Å². The average Bonchev–Trinajstić information content (AvgIpc) is 3.23. The zero-order chi connectivity index (χ0) is 24.4. The number of hydrogen-bond acceptors (Lipinski definition) is 7. The fourth-order valence-corrected chi connectivity index (χ4v) is 3.51. The Labute approximate surface area is 203 Å². The Bertz CT molecular complexity index is 1450. The predicted octanol–water partition coefficient (Wildman–Crippen LogP) is 4.43. The lowest BCUT2D eigenvalue weighted by Gasteiger charge is -2.10. The summed E-state index contributed by atoms with van der Waals surface area (Å²) in [4.78, 5) is 24.5. The van der Waals surface area contributed by atoms with Crippen molar-refractivity contribution >= 4 is 57.2 Å². The van der Waals surface area contributed by atoms with E-state index in [-0.39, 0.29) is 22.1 Å². The molecule has 0 aliphatic heterocycles. The molecule has 0 unspecified atom stereocenters. The number of methoxy groups -OCH3 is 1. The molecule has 0 fully saturated rings. The third kappa shape index (κ3) is 4.80. The van der Waals surface area contributed by atoms with E-state index in [9.17, 15) is 14.9 Å². The zero-order valence-corrected chi connectivity index (χ0v) is 19.5. The number of anilines is 1. The highest BCUT2D eigenvalue weighted by Crippen LogP contribution is 2.27. The molecule has 34 heavy (non-hydrogen) atoms. The Morgan fingerprint density at radius 1 is 1.12 bits per heavy atom. The first-order valence-corrected chi connectivity index (χ1v) is 10.6. The summed E-state index contributed by atoms with van der Waals surface area (Å²) < 4.78 is 4.95. The lowest BCUT2D eigenvalue weighted by molar-refractivity contribution is -0.385. The molecule has 0 aliphatic rings. The summed E-state index contributed by atoms with van der Waals surface area (Å²) in [6.07, 6.45) is 0. The smallest absolute Gasteiger partial charge is 0.311 e. The lowest BCUT2D eigenvalue weighted by Crippen LogP contribution is -2.34. The van der Waals surface area contributed by atoms with Crippen molar-refractivity contribution in [3.8, 4) is 11.4 Å². The molecule has 0 atom stereocenters. The standard InChI is InChI=1S/C22H17ClN6O4S/c1-12-3-6-15(11-16(12)23)28-26-17-7-5-14(10-18(17)27-28)24-22(34)25-21(30)13-4-8-20(33-2)19(9-13)29(31)32/h3-11H,1-2H3,(H2,24,25,30,34). The fraction of sp³-hybridized carbons (Fsp3) is 0.0909. The fourth-order valence-electron chi connectivity index (χ4n) is 3.13. The number of nitrogens with zero attached hydrogens (tertiary/aromatic N) is 4. The number of rotatable bonds is 5. The Kier molecular flexibility index (Phi) is 6.39. The summed E-state index contributed by atoms with van der Waals surface area (Å²) in [5.41, 5.74) is 3.24. The highest BCUT2D eigenvalue weighted by Gasteiger charge is 2.19. The van der Waals surface area contributed by atoms with Crippen LogP contribution in [-0.2, 0) is 0 Å². The molecule has 12 heteroatoms. The van der Waals surface area contributed by atoms with Gasteiger partial charge in [0.05, 0.1) is 17.7 Å². The van der Waals surface area contributed by atoms with E-state index >= 15 is 0 Å². The maximum atomic E-state index is 12.5. The number of carbonyl (C=O) groups is 1. The number of benzene rings is 3. The summed E-state index contributed by atoms with van der Waals surface area (Å²) in [5.74, 6) is -0.553. The molecule has 1 amide bonds. The van der Waals surface area contributed by atoms with Gasteiger partial charge in [0, 0.05) is 22.3 Å². The number of aryl methyl sites for hydroxylation is 1. The summed E-state index contributed by atoms with van der Waals surface area (Å²) in [5, 5.41) is 26.1. The van der Waals surface area contributed by atoms with Gasteiger partial charge in [-0.1, -0.05) is 17.7 Å². The lowest BCUT2D eigenvalue weighted by atomic mass is 10.1. The number of nitro benzene ring substituents is 1. The summed E-state index contributed by atoms with van der Waals surface area (Å²) in [6.45, 7) is 1.91. The first-order valence-electron chi connectivity index (χ1n) is 9.83. The van der Waals surface area contributed by atoms with Gasteiger partial charge in [-0.2, -0.15) is 4.80 Å². The van der Waals surface area contributed by atoms with Crippen molar-refractivity contribution < 1.29 is 14.5 Å². The van der Waals surface area contributed by atoms with Crippen molar-refractivity contribution in [1.82, 2.24) is 20.3 Å². The van der Waals surface area contributed by atoms with Gasteiger partial charge >= 0.3 is 5.69 Å². The molecule has 172 valence electrons. The molecule has 3 aromatic carbocycles. The molecule has 4 rings (SSSR count). The third-order valence-electron chi connectivity index (χ3n) is 4.89. The summed E-state index contributed by atoms with van der Waals surface area (Å²) >= 11 is 11.4. The van der Waals surface area contributed by atoms with Gasteiger partial charge in [-0.15, -0.1) is 10.2 Å². The Morgan fingerprint density at radius 2 is 1.88 bits per heavy atom. The highest BCUT2D eigenvalue weighted by molar-refractivity contribution is 7.80. The number of fused-ring (bicyclic) bond motifs is 1. The van der Waals surface area contributed by atoms with Crippen LogP contribution in [0.5, 0.6) is 5.75 Å². The van der Waals surface area contributed by atoms with Crippen molar-refractivity contribution in [2.24, 2.45) is 0 Å². The molecule has 2 N–H and O–H groups in total. The molecular formula is C22H17ClN6O4S. The second-order valence-electron chi connectivity index (χ2n) is 7.18. The van der Waals surface area contributed by atoms with Crippen molar-refractivity contribution in [2.75, 3.05) is 12.4 Å². The molecule has 10 nitrogen and oxygen atoms in total. The topological polar surface area (TPSA) is 124 Å². The molecule has 0 radical (unpaired) electrons. The van der Waals surface area contributed by atoms with E-state index in [4.69, 9.17) is 28.6 Å². The molecule has 0 bridgehead atoms. The quantitative estimate of drug-likeness (QED) is 0.236. The van der Waals surface area contributed by atoms with Crippen LogP contribution in [0.2, 0.25) is 5.02 Å². The number of thiocarbonyl (C=S) groups is 1. The van der Waals surface area contributed by atoms with Crippen LogP contribution in [0.4, 0.5) is 11.4 Å². The number of aromatic nitrogens is 3. The predicted molar refractivity (Wildman–Crippen MR) is 132 cm³/mol. The number of nitrogens with one attached hydrogen (secondary N) is 2. The van der Waals surface area contributed by atoms with Crippen LogP contribution in [0.3, 0.4) is 0 Å². The van der Waals surface area contributed by atoms with Gasteiger partial charge in [0.25, 0.3) is 5.91 Å². The van der Waals surface area contributed by atoms with Gasteiger partial charge in [0.2, 0.25) is 0 Å². The van der Waals surface area contributed by atoms with E-state index < -0.39 is 10.8 Å². The third-order valence-corrected chi connectivity index (χ3v) is 5.50. The van der Waals surface area contributed by atoms with Crippen molar-refractivity contribution in [2.45, 2.75) is 6.92 Å². The first-order chi connectivity index (χ1) is 16.2. The van der Waals surface area contributed by atoms with Crippen molar-refractivity contribution in [1.29, 1.82) is 0 Å². The number of halogens is 1. The number of carbonyl (C=O) groups excluding carboxylic acids is 1. The maximum absolute atomic E-state index is 12.5. The number of nitro groups is 1. The molecule has 4 aromatic rings. The van der Waals surface area contributed by atoms with Crippen LogP contribution in [0.1, 0.15) is 15.9 Å². The van der Waals surface area contributed by atoms with Crippen LogP contribution < -0.4 is 15.4 Å². The molecular weight excluding hydrogens is 480 g/mol. The second kappa shape index (κ2) is 9.41. The number of ether oxygens (including phenoxy) is 1. The Balaban J connectivity index is 1.48. The van der Waals surface area contributed by atoms with Crippen LogP contribution in [0.15, 0.2) is 54.6 Å². The first kappa shape index (κ1) is 23.1. The van der Waals surface area contributed by atoms with Crippen molar-refractivity contribution in [3.63, 3.8) is 0 Å². The van der Waals surface area contributed by atoms with Gasteiger partial charge in [-0.3, -0.25) is 20.2 Å². The maximum Gasteiger partial charge on any atom is 0.311 e. The van der Waals surface area contributed by atoms with Crippen molar-refractivity contribution in [3.05, 3.63) is 80.9 Å². The minimum absolute atomic E-state index is 0.0144. The van der Waals surface area contributed by atoms with Crippen LogP contribution >= 0.6 is 23.8 Å². The minimum atomic E-state index is -0.626. The van der Waals surface area contributed by atoms with Crippen LogP contribution in [-0.4, -0.2) is 38.0 Å². The normalized spacial score (nSPS) is 10.7. The summed E-state index contributed by atoms with van der Waals surface area (Å²) in [6, 6.07) is 14.6. The zero-order valence-electron chi connectivity index (χ0n) is 17.9. The Hall–Kier alpha value is -4.09. The number of amides is 1. The molecule has 0 saturated heterocycles. The second-order valence-corrected chi connectivity index (χ2v) is 7.99. The van der Waals surface area contributed by atoms with E-state index in [2.05, 4.69) is 20.8 Å². The van der Waals surface area contributed by atoms with Gasteiger partial charge in [0.15, 0.2) is 10.9 Å². The highest BCUT2D eigenvalue weighted by atomic mass is 35.5. The van der Waals surface area contributed by atoms with E-state index in [1.165, 1.54) is 24.0 Å². The van der Waals surface area contributed by atoms with Gasteiger partial charge in [-0.25, -0.2) is 0 Å². The van der Waals surface area contributed by atoms with Gasteiger partial charge in [-0.05, 0) is 67.2 Å². The van der Waals surface area contributed by atoms with Crippen LogP contribution in [0, 0.1) is 17.0 Å². The van der Waals surface area contributed by atoms with Crippen LogP contribution in [0.25, 0.3) is 16.7 Å². The summed E-state index contributed by atoms with van der Waals surface area (Å²) in [7, 11) is 1.31. The SMILES string of the molecule is COc1ccc(C(=O)NC(=S)Nc2ccc3nn(-c4ccc(C)c(Cl)c4)nc3c2)cc1[N+](=O)[O-]. The monoisotopic (exact) mass is 496 g/mol. The van der Waals surface area contributed by atoms with E-state index in [0.717, 1.165) is 17.3 Å². The minimum Gasteiger partial charge on any atom is -0.490 e. The van der Waals surface area contributed by atoms with E-state index in [0.29, 0.717) is 21.7 Å². The molecule has 0 saturated carbocycles. The Morgan fingerprint density at radius 3 is 2.59 bits per heavy atom. The molecule has 1 heterocycles. The molecule has 1 aromatic heterocycles. The van der Waals surface area contributed by atoms with E-state index in [1.54, 1.807) is 24.3 Å². The largest absolute Gasteiger partial charge is 0.490 e. The number of hydrogen-bond donors (Lipinski definition) is 2. The van der Waals surface area contributed by atoms with E-state index in [1.807, 2.05) is 19.1 Å².